The molecule has 0 amide bonds. The molecule has 0 saturated heterocycles. The van der Waals surface area contributed by atoms with Crippen molar-refractivity contribution >= 4 is 17.3 Å². The molecular weight excluding hydrogens is 249 g/mol. The van der Waals surface area contributed by atoms with Crippen LogP contribution in [0, 0.1) is 0 Å². The topological polar surface area (TPSA) is 62.2 Å². The van der Waals surface area contributed by atoms with Crippen LogP contribution in [0.4, 0.5) is 0 Å². The van der Waals surface area contributed by atoms with E-state index in [1.807, 2.05) is 18.2 Å². The second-order valence-corrected chi connectivity index (χ2v) is 4.05. The first kappa shape index (κ1) is 14.2. The number of carboxylic acid groups (broad SMARTS) is 1. The van der Waals surface area contributed by atoms with E-state index in [1.165, 1.54) is 6.20 Å². The van der Waals surface area contributed by atoms with E-state index in [0.29, 0.717) is 10.8 Å². The molecule has 0 aliphatic carbocycles. The molecule has 1 heterocycles. The average Bonchev–Trinajstić information content (AvgIpc) is 2.78. The molecule has 0 radical (unpaired) electrons. The fraction of sp³-hybridized carbons (Fsp3) is 0.0909. The summed E-state index contributed by atoms with van der Waals surface area (Å²) in [7, 11) is 1.56. The number of benzene rings is 1. The molecule has 0 aliphatic heterocycles. The third kappa shape index (κ3) is 3.07. The van der Waals surface area contributed by atoms with Gasteiger partial charge in [0.2, 0.25) is 0 Å². The summed E-state index contributed by atoms with van der Waals surface area (Å²) in [4.78, 5) is 14.8. The fourth-order valence-corrected chi connectivity index (χ4v) is 2.10. The number of aromatic carboxylic acids is 1. The molecule has 0 aliphatic rings. The summed E-state index contributed by atoms with van der Waals surface area (Å²) >= 11 is 1.07. The van der Waals surface area contributed by atoms with Crippen molar-refractivity contribution in [3.8, 4) is 16.3 Å². The number of nitrogens with zero attached hydrogens (tertiary/aromatic N) is 1. The predicted molar refractivity (Wildman–Crippen MR) is 58.4 cm³/mol. The Kier molecular flexibility index (Phi) is 5.14. The molecular formula is C11H8NNaO3S. The first-order valence-corrected chi connectivity index (χ1v) is 5.34. The molecule has 0 spiro atoms. The molecule has 0 N–H and O–H groups in total. The molecule has 0 atom stereocenters. The Morgan fingerprint density at radius 1 is 1.41 bits per heavy atom. The molecule has 4 nitrogen and oxygen atoms in total. The average molecular weight is 257 g/mol. The van der Waals surface area contributed by atoms with Gasteiger partial charge >= 0.3 is 29.6 Å². The number of rotatable bonds is 3. The van der Waals surface area contributed by atoms with Crippen molar-refractivity contribution in [2.45, 2.75) is 0 Å². The van der Waals surface area contributed by atoms with Gasteiger partial charge in [0.15, 0.2) is 0 Å². The van der Waals surface area contributed by atoms with Gasteiger partial charge in [0.25, 0.3) is 0 Å². The third-order valence-electron chi connectivity index (χ3n) is 2.04. The molecule has 1 aromatic heterocycles. The van der Waals surface area contributed by atoms with Gasteiger partial charge in [0, 0.05) is 6.20 Å². The van der Waals surface area contributed by atoms with E-state index in [0.717, 1.165) is 16.9 Å². The zero-order valence-corrected chi connectivity index (χ0v) is 12.3. The van der Waals surface area contributed by atoms with Crippen molar-refractivity contribution < 1.29 is 44.2 Å². The van der Waals surface area contributed by atoms with E-state index in [1.54, 1.807) is 13.2 Å². The van der Waals surface area contributed by atoms with Gasteiger partial charge in [0.05, 0.1) is 23.5 Å². The van der Waals surface area contributed by atoms with Gasteiger partial charge in [-0.2, -0.15) is 0 Å². The van der Waals surface area contributed by atoms with E-state index in [2.05, 4.69) is 4.98 Å². The number of hydrogen-bond acceptors (Lipinski definition) is 5. The van der Waals surface area contributed by atoms with Gasteiger partial charge < -0.3 is 14.6 Å². The molecule has 2 aromatic rings. The largest absolute Gasteiger partial charge is 1.00 e. The first-order valence-electron chi connectivity index (χ1n) is 4.53. The van der Waals surface area contributed by atoms with Gasteiger partial charge in [-0.1, -0.05) is 12.1 Å². The number of thiazole rings is 1. The van der Waals surface area contributed by atoms with E-state index in [-0.39, 0.29) is 34.4 Å². The van der Waals surface area contributed by atoms with Crippen molar-refractivity contribution in [2.75, 3.05) is 7.11 Å². The first-order chi connectivity index (χ1) is 7.72. The van der Waals surface area contributed by atoms with E-state index >= 15 is 0 Å². The van der Waals surface area contributed by atoms with Crippen LogP contribution in [0.25, 0.3) is 10.6 Å². The summed E-state index contributed by atoms with van der Waals surface area (Å²) in [6, 6.07) is 7.32. The van der Waals surface area contributed by atoms with Crippen molar-refractivity contribution in [1.29, 1.82) is 0 Å². The summed E-state index contributed by atoms with van der Waals surface area (Å²) < 4.78 is 5.17. The summed E-state index contributed by atoms with van der Waals surface area (Å²) in [5, 5.41) is 11.2. The summed E-state index contributed by atoms with van der Waals surface area (Å²) in [6.07, 6.45) is 1.29. The van der Waals surface area contributed by atoms with Crippen molar-refractivity contribution in [1.82, 2.24) is 4.98 Å². The zero-order chi connectivity index (χ0) is 11.5. The van der Waals surface area contributed by atoms with Crippen LogP contribution in [0.5, 0.6) is 5.75 Å². The Balaban J connectivity index is 0.00000144. The standard InChI is InChI=1S/C11H9NO3S.Na/c1-15-8-5-3-2-4-7(8)10-12-6-9(16-10)11(13)14;/h2-6H,1H3,(H,13,14);/q;+1/p-1. The van der Waals surface area contributed by atoms with Crippen LogP contribution in [-0.4, -0.2) is 18.1 Å². The van der Waals surface area contributed by atoms with Crippen LogP contribution < -0.4 is 39.4 Å². The second-order valence-electron chi connectivity index (χ2n) is 3.02. The van der Waals surface area contributed by atoms with Crippen molar-refractivity contribution in [3.63, 3.8) is 0 Å². The van der Waals surface area contributed by atoms with E-state index in [9.17, 15) is 9.90 Å². The van der Waals surface area contributed by atoms with E-state index in [4.69, 9.17) is 4.74 Å². The molecule has 0 bridgehead atoms. The number of para-hydroxylation sites is 1. The number of hydrogen-bond donors (Lipinski definition) is 0. The molecule has 6 heteroatoms. The summed E-state index contributed by atoms with van der Waals surface area (Å²) in [5.41, 5.74) is 0.780. The molecule has 17 heavy (non-hydrogen) atoms. The molecule has 0 fully saturated rings. The molecule has 0 saturated carbocycles. The van der Waals surface area contributed by atoms with Crippen LogP contribution in [0.3, 0.4) is 0 Å². The van der Waals surface area contributed by atoms with Crippen LogP contribution in [0.1, 0.15) is 9.67 Å². The van der Waals surface area contributed by atoms with Gasteiger partial charge in [-0.3, -0.25) is 0 Å². The molecule has 2 rings (SSSR count). The van der Waals surface area contributed by atoms with E-state index < -0.39 is 5.97 Å². The maximum Gasteiger partial charge on any atom is 1.00 e. The maximum absolute atomic E-state index is 10.6. The minimum Gasteiger partial charge on any atom is -0.544 e. The minimum absolute atomic E-state index is 0. The Hall–Kier alpha value is -0.880. The quantitative estimate of drug-likeness (QED) is 0.608. The molecule has 1 aromatic carbocycles. The normalized spacial score (nSPS) is 9.47. The van der Waals surface area contributed by atoms with Gasteiger partial charge in [-0.15, -0.1) is 11.3 Å². The number of aromatic nitrogens is 1. The van der Waals surface area contributed by atoms with Gasteiger partial charge in [-0.25, -0.2) is 4.98 Å². The Morgan fingerprint density at radius 2 is 2.12 bits per heavy atom. The number of methoxy groups -OCH3 is 1. The van der Waals surface area contributed by atoms with Crippen molar-refractivity contribution in [3.05, 3.63) is 35.3 Å². The minimum atomic E-state index is -1.21. The number of carbonyl (C=O) groups excluding carboxylic acids is 1. The SMILES string of the molecule is COc1ccccc1-c1ncc(C(=O)[O-])s1.[Na+]. The smallest absolute Gasteiger partial charge is 0.544 e. The fourth-order valence-electron chi connectivity index (χ4n) is 1.31. The Bertz CT molecular complexity index is 527. The Morgan fingerprint density at radius 3 is 2.71 bits per heavy atom. The van der Waals surface area contributed by atoms with Crippen LogP contribution in [0.15, 0.2) is 30.5 Å². The number of carboxylic acids is 1. The van der Waals surface area contributed by atoms with Gasteiger partial charge in [-0.05, 0) is 12.1 Å². The number of ether oxygens (including phenoxy) is 1. The summed E-state index contributed by atoms with van der Waals surface area (Å²) in [6.45, 7) is 0. The predicted octanol–water partition coefficient (Wildman–Crippen LogP) is -1.81. The van der Waals surface area contributed by atoms with Gasteiger partial charge in [0.1, 0.15) is 10.8 Å². The maximum atomic E-state index is 10.6. The van der Waals surface area contributed by atoms with Crippen LogP contribution in [-0.2, 0) is 0 Å². The zero-order valence-electron chi connectivity index (χ0n) is 9.47. The summed E-state index contributed by atoms with van der Waals surface area (Å²) in [5.74, 6) is -0.541. The Labute approximate surface area is 125 Å². The number of carbonyl (C=O) groups is 1. The van der Waals surface area contributed by atoms with Crippen LogP contribution in [0.2, 0.25) is 0 Å². The third-order valence-corrected chi connectivity index (χ3v) is 3.05. The monoisotopic (exact) mass is 257 g/mol. The molecule has 82 valence electrons. The molecule has 0 unspecified atom stereocenters. The van der Waals surface area contributed by atoms with Crippen molar-refractivity contribution in [2.24, 2.45) is 0 Å². The van der Waals surface area contributed by atoms with Crippen LogP contribution >= 0.6 is 11.3 Å². The second kappa shape index (κ2) is 6.16.